The van der Waals surface area contributed by atoms with Crippen LogP contribution in [0.4, 0.5) is 23.0 Å². The Kier molecular flexibility index (Phi) is 12.7. The molecule has 73 heavy (non-hydrogen) atoms. The third-order valence-electron chi connectivity index (χ3n) is 13.7. The summed E-state index contributed by atoms with van der Waals surface area (Å²) in [7, 11) is 0. The Balaban J connectivity index is 1.25. The zero-order valence-corrected chi connectivity index (χ0v) is 43.5. The van der Waals surface area contributed by atoms with Crippen molar-refractivity contribution in [3.8, 4) is 44.5 Å². The molecule has 0 saturated carbocycles. The van der Waals surface area contributed by atoms with Crippen molar-refractivity contribution in [1.29, 1.82) is 0 Å². The predicted octanol–water partition coefficient (Wildman–Crippen LogP) is 18.6. The summed E-state index contributed by atoms with van der Waals surface area (Å²) in [6.07, 6.45) is 3.38. The summed E-state index contributed by atoms with van der Waals surface area (Å²) in [4.78, 5) is 44.5. The minimum atomic E-state index is -0.614. The van der Waals surface area contributed by atoms with Gasteiger partial charge >= 0.3 is 0 Å². The molecular weight excluding hydrogens is 987 g/mol. The number of carbonyl (C=O) groups excluding carboxylic acids is 2. The smallest absolute Gasteiger partial charge is 0.199 e. The lowest BCUT2D eigenvalue weighted by Gasteiger charge is -2.32. The van der Waals surface area contributed by atoms with Crippen LogP contribution in [0.5, 0.6) is 0 Å². The molecule has 0 bridgehead atoms. The monoisotopic (exact) mass is 1030 g/mol. The van der Waals surface area contributed by atoms with E-state index in [0.717, 1.165) is 72.6 Å². The Bertz CT molecular complexity index is 3600. The number of hydrogen-bond acceptors (Lipinski definition) is 6. The van der Waals surface area contributed by atoms with Gasteiger partial charge in [0.25, 0.3) is 0 Å². The molecule has 1 aliphatic heterocycles. The molecule has 9 aromatic rings. The Morgan fingerprint density at radius 3 is 1.25 bits per heavy atom. The lowest BCUT2D eigenvalue weighted by Crippen LogP contribution is -2.25. The van der Waals surface area contributed by atoms with Gasteiger partial charge in [0.05, 0.1) is 59.2 Å². The third kappa shape index (κ3) is 8.33. The van der Waals surface area contributed by atoms with E-state index in [1.807, 2.05) is 66.7 Å². The highest BCUT2D eigenvalue weighted by atomic mass is 35.5. The first-order valence-electron chi connectivity index (χ1n) is 24.1. The molecule has 0 amide bonds. The van der Waals surface area contributed by atoms with Crippen molar-refractivity contribution in [2.45, 2.75) is 46.5 Å². The maximum atomic E-state index is 14.6. The van der Waals surface area contributed by atoms with Crippen LogP contribution in [0.15, 0.2) is 187 Å². The Morgan fingerprint density at radius 1 is 0.438 bits per heavy atom. The molecule has 0 saturated heterocycles. The van der Waals surface area contributed by atoms with Gasteiger partial charge in [-0.05, 0) is 105 Å². The maximum Gasteiger partial charge on any atom is 0.199 e. The molecule has 1 aromatic heterocycles. The van der Waals surface area contributed by atoms with E-state index in [0.29, 0.717) is 28.5 Å². The molecule has 2 aliphatic rings. The van der Waals surface area contributed by atoms with E-state index < -0.39 is 11.6 Å². The third-order valence-corrected chi connectivity index (χ3v) is 15.5. The summed E-state index contributed by atoms with van der Waals surface area (Å²) in [5, 5.41) is -0.453. The average molecular weight is 1030 g/mol. The summed E-state index contributed by atoms with van der Waals surface area (Å²) in [6.45, 7) is 10.8. The molecular formula is C63H46Cl4N4O2. The van der Waals surface area contributed by atoms with E-state index in [4.69, 9.17) is 56.4 Å². The molecule has 6 nitrogen and oxygen atoms in total. The maximum absolute atomic E-state index is 14.6. The van der Waals surface area contributed by atoms with Crippen LogP contribution in [0, 0.1) is 6.92 Å². The first-order valence-corrected chi connectivity index (χ1v) is 25.6. The molecule has 10 heteroatoms. The first kappa shape index (κ1) is 48.0. The summed E-state index contributed by atoms with van der Waals surface area (Å²) in [5.74, 6) is 0.623. The Morgan fingerprint density at radius 2 is 0.822 bits per heavy atom. The van der Waals surface area contributed by atoms with Crippen LogP contribution in [-0.4, -0.2) is 21.5 Å². The number of anilines is 4. The Labute approximate surface area is 444 Å². The van der Waals surface area contributed by atoms with Crippen LogP contribution in [0.3, 0.4) is 0 Å². The molecule has 358 valence electrons. The number of halogens is 4. The molecule has 0 atom stereocenters. The van der Waals surface area contributed by atoms with E-state index in [-0.39, 0.29) is 48.6 Å². The van der Waals surface area contributed by atoms with Crippen molar-refractivity contribution in [3.63, 3.8) is 0 Å². The van der Waals surface area contributed by atoms with Gasteiger partial charge in [-0.2, -0.15) is 0 Å². The van der Waals surface area contributed by atoms with Crippen LogP contribution in [0.2, 0.25) is 20.1 Å². The highest BCUT2D eigenvalue weighted by molar-refractivity contribution is 6.57. The minimum Gasteiger partial charge on any atom is -0.288 e. The van der Waals surface area contributed by atoms with Crippen molar-refractivity contribution in [3.05, 3.63) is 235 Å². The zero-order valence-electron chi connectivity index (χ0n) is 40.5. The fraction of sp³-hybridized carbons (Fsp3) is 0.111. The number of benzene rings is 8. The van der Waals surface area contributed by atoms with Gasteiger partial charge in [-0.15, -0.1) is 0 Å². The van der Waals surface area contributed by atoms with Crippen molar-refractivity contribution in [2.24, 2.45) is 0 Å². The molecule has 8 aromatic carbocycles. The number of hydrogen-bond donors (Lipinski definition) is 0. The normalized spacial score (nSPS) is 13.8. The van der Waals surface area contributed by atoms with E-state index in [9.17, 15) is 9.59 Å². The van der Waals surface area contributed by atoms with Crippen LogP contribution < -0.4 is 9.80 Å². The number of rotatable bonds is 9. The fourth-order valence-electron chi connectivity index (χ4n) is 10.1. The summed E-state index contributed by atoms with van der Waals surface area (Å²) < 4.78 is 0. The first-order chi connectivity index (χ1) is 35.3. The zero-order chi connectivity index (χ0) is 50.8. The summed E-state index contributed by atoms with van der Waals surface area (Å²) in [6, 6.07) is 56.6. The van der Waals surface area contributed by atoms with E-state index in [2.05, 4.69) is 148 Å². The van der Waals surface area contributed by atoms with Crippen LogP contribution in [-0.2, 0) is 0 Å². The van der Waals surface area contributed by atoms with Crippen LogP contribution in [0.1, 0.15) is 76.9 Å². The average Bonchev–Trinajstić information content (AvgIpc) is 3.86. The largest absolute Gasteiger partial charge is 0.288 e. The fourth-order valence-corrected chi connectivity index (χ4v) is 11.1. The quantitative estimate of drug-likeness (QED) is 0.0621. The number of ketones is 2. The molecule has 11 rings (SSSR count). The number of Topliss-reactive ketones (excluding diaryl/α,β-unsaturated/α-hetero) is 2. The summed E-state index contributed by atoms with van der Waals surface area (Å²) in [5.41, 5.74) is 14.2. The lowest BCUT2D eigenvalue weighted by atomic mass is 9.91. The van der Waals surface area contributed by atoms with Gasteiger partial charge in [-0.25, -0.2) is 9.97 Å². The number of aromatic nitrogens is 2. The van der Waals surface area contributed by atoms with E-state index >= 15 is 0 Å². The van der Waals surface area contributed by atoms with Gasteiger partial charge < -0.3 is 0 Å². The van der Waals surface area contributed by atoms with E-state index in [1.165, 1.54) is 0 Å². The van der Waals surface area contributed by atoms with Crippen molar-refractivity contribution < 1.29 is 9.59 Å². The van der Waals surface area contributed by atoms with E-state index in [1.54, 1.807) is 6.08 Å². The number of aryl methyl sites for hydroxylation is 1. The van der Waals surface area contributed by atoms with Crippen LogP contribution in [0.25, 0.3) is 55.5 Å². The highest BCUT2D eigenvalue weighted by Crippen LogP contribution is 2.56. The molecule has 0 radical (unpaired) electrons. The van der Waals surface area contributed by atoms with Crippen molar-refractivity contribution >= 4 is 92.0 Å². The highest BCUT2D eigenvalue weighted by Gasteiger charge is 2.43. The standard InChI is InChI=1S/C63H46Cl4N4O2/c1-35(2)44-19-14-20-45(36(3)4)58(44)70-51(32-31-46-60(72)52-53(61(46)73)55(65)57(67)56(66)54(52)64)71(63-62(70)68-49-21-12-13-22-50(49)69-63)59-47(42-27-23-40(24-28-42)38-15-8-6-9-16-38)33-37(5)34-48(59)43-29-25-41(26-30-43)39-17-10-7-11-18-39/h6-36H,1-5H3/b51-32+. The second kappa shape index (κ2) is 19.3. The van der Waals surface area contributed by atoms with Gasteiger partial charge in [-0.3, -0.25) is 19.4 Å². The molecule has 0 fully saturated rings. The van der Waals surface area contributed by atoms with Gasteiger partial charge in [0.2, 0.25) is 0 Å². The number of para-hydroxylation sites is 3. The topological polar surface area (TPSA) is 66.4 Å². The second-order valence-electron chi connectivity index (χ2n) is 19.0. The number of fused-ring (bicyclic) bond motifs is 3. The predicted molar refractivity (Wildman–Crippen MR) is 303 cm³/mol. The number of nitrogens with zero attached hydrogens (tertiary/aromatic N) is 4. The van der Waals surface area contributed by atoms with Gasteiger partial charge in [0.15, 0.2) is 23.2 Å². The van der Waals surface area contributed by atoms with Crippen LogP contribution >= 0.6 is 46.4 Å². The van der Waals surface area contributed by atoms with Gasteiger partial charge in [0.1, 0.15) is 5.82 Å². The second-order valence-corrected chi connectivity index (χ2v) is 20.5. The number of allylic oxidation sites excluding steroid dienone is 3. The SMILES string of the molecule is Cc1cc(-c2ccc(-c3ccccc3)cc2)c(N2/C(=C/C=C3C(=O)c4c(Cl)c(Cl)c(Cl)c(Cl)c4C3=O)N(c3c(C(C)C)cccc3C(C)C)c3nc4ccccc4nc32)c(-c2ccc(-c3ccccc3)cc2)c1. The molecule has 0 spiro atoms. The molecule has 2 heterocycles. The minimum absolute atomic E-state index is 0.0715. The summed E-state index contributed by atoms with van der Waals surface area (Å²) >= 11 is 26.4. The molecule has 0 unspecified atom stereocenters. The Hall–Kier alpha value is -7.32. The number of carbonyl (C=O) groups is 2. The van der Waals surface area contributed by atoms with Crippen molar-refractivity contribution in [2.75, 3.05) is 9.80 Å². The lowest BCUT2D eigenvalue weighted by molar-refractivity contribution is 0.0989. The molecule has 1 aliphatic carbocycles. The van der Waals surface area contributed by atoms with Gasteiger partial charge in [0, 0.05) is 11.1 Å². The molecule has 0 N–H and O–H groups in total. The van der Waals surface area contributed by atoms with Gasteiger partial charge in [-0.1, -0.05) is 214 Å². The van der Waals surface area contributed by atoms with Crippen molar-refractivity contribution in [1.82, 2.24) is 9.97 Å².